The van der Waals surface area contributed by atoms with Crippen LogP contribution in [0.3, 0.4) is 0 Å². The lowest BCUT2D eigenvalue weighted by Crippen LogP contribution is -2.14. The summed E-state index contributed by atoms with van der Waals surface area (Å²) in [6, 6.07) is 10.7. The summed E-state index contributed by atoms with van der Waals surface area (Å²) in [5, 5.41) is 3.94. The van der Waals surface area contributed by atoms with Gasteiger partial charge >= 0.3 is 0 Å². The van der Waals surface area contributed by atoms with Gasteiger partial charge in [0.15, 0.2) is 0 Å². The third-order valence-corrected chi connectivity index (χ3v) is 5.77. The van der Waals surface area contributed by atoms with Crippen molar-refractivity contribution in [2.24, 2.45) is 0 Å². The number of hydrogen-bond donors (Lipinski definition) is 1. The van der Waals surface area contributed by atoms with Gasteiger partial charge in [0.2, 0.25) is 0 Å². The van der Waals surface area contributed by atoms with E-state index in [0.717, 1.165) is 33.5 Å². The maximum absolute atomic E-state index is 12.8. The van der Waals surface area contributed by atoms with Crippen LogP contribution < -0.4 is 4.72 Å². The molecule has 0 fully saturated rings. The fourth-order valence-corrected chi connectivity index (χ4v) is 4.43. The molecule has 2 aromatic carbocycles. The number of benzene rings is 2. The molecular formula is C20H22N2O3S. The Kier molecular flexibility index (Phi) is 4.63. The Labute approximate surface area is 154 Å². The Morgan fingerprint density at radius 1 is 0.923 bits per heavy atom. The molecular weight excluding hydrogens is 348 g/mol. The number of rotatable bonds is 4. The zero-order chi connectivity index (χ0) is 19.1. The predicted molar refractivity (Wildman–Crippen MR) is 103 cm³/mol. The highest BCUT2D eigenvalue weighted by molar-refractivity contribution is 7.92. The first-order valence-corrected chi connectivity index (χ1v) is 9.81. The lowest BCUT2D eigenvalue weighted by Gasteiger charge is -2.14. The SMILES string of the molecule is Cc1cc(C)c(NS(=O)(=O)c2ccc(-c3c(C)noc3C)cc2)c(C)c1. The Morgan fingerprint density at radius 3 is 2.00 bits per heavy atom. The van der Waals surface area contributed by atoms with Crippen molar-refractivity contribution >= 4 is 15.7 Å². The maximum Gasteiger partial charge on any atom is 0.261 e. The van der Waals surface area contributed by atoms with Crippen LogP contribution in [0.5, 0.6) is 0 Å². The quantitative estimate of drug-likeness (QED) is 0.723. The second-order valence-corrected chi connectivity index (χ2v) is 8.29. The highest BCUT2D eigenvalue weighted by Gasteiger charge is 2.18. The summed E-state index contributed by atoms with van der Waals surface area (Å²) in [4.78, 5) is 0.215. The van der Waals surface area contributed by atoms with Crippen molar-refractivity contribution < 1.29 is 12.9 Å². The van der Waals surface area contributed by atoms with Gasteiger partial charge in [-0.25, -0.2) is 8.42 Å². The van der Waals surface area contributed by atoms with Gasteiger partial charge in [-0.2, -0.15) is 0 Å². The molecule has 1 aromatic heterocycles. The molecule has 136 valence electrons. The average molecular weight is 370 g/mol. The Balaban J connectivity index is 1.94. The van der Waals surface area contributed by atoms with Crippen molar-refractivity contribution in [3.05, 3.63) is 64.5 Å². The molecule has 3 rings (SSSR count). The van der Waals surface area contributed by atoms with Crippen LogP contribution in [0.15, 0.2) is 45.8 Å². The highest BCUT2D eigenvalue weighted by Crippen LogP contribution is 2.29. The molecule has 0 radical (unpaired) electrons. The van der Waals surface area contributed by atoms with E-state index in [0.29, 0.717) is 11.4 Å². The van der Waals surface area contributed by atoms with Crippen LogP contribution in [0, 0.1) is 34.6 Å². The van der Waals surface area contributed by atoms with Crippen molar-refractivity contribution in [2.45, 2.75) is 39.5 Å². The van der Waals surface area contributed by atoms with Gasteiger partial charge in [0.05, 0.1) is 16.3 Å². The molecule has 5 nitrogen and oxygen atoms in total. The van der Waals surface area contributed by atoms with Crippen molar-refractivity contribution in [1.82, 2.24) is 5.16 Å². The lowest BCUT2D eigenvalue weighted by atomic mass is 10.0. The van der Waals surface area contributed by atoms with Crippen molar-refractivity contribution in [2.75, 3.05) is 4.72 Å². The Hall–Kier alpha value is -2.60. The Bertz CT molecular complexity index is 1020. The molecule has 26 heavy (non-hydrogen) atoms. The molecule has 1 N–H and O–H groups in total. The number of nitrogens with one attached hydrogen (secondary N) is 1. The molecule has 3 aromatic rings. The lowest BCUT2D eigenvalue weighted by molar-refractivity contribution is 0.393. The van der Waals surface area contributed by atoms with Gasteiger partial charge < -0.3 is 4.52 Å². The molecule has 0 aliphatic carbocycles. The van der Waals surface area contributed by atoms with Gasteiger partial charge in [0.25, 0.3) is 10.0 Å². The van der Waals surface area contributed by atoms with E-state index in [9.17, 15) is 8.42 Å². The van der Waals surface area contributed by atoms with Crippen molar-refractivity contribution in [3.8, 4) is 11.1 Å². The second kappa shape index (κ2) is 6.61. The summed E-state index contributed by atoms with van der Waals surface area (Å²) in [6.45, 7) is 9.49. The first-order chi connectivity index (χ1) is 12.2. The molecule has 0 bridgehead atoms. The van der Waals surface area contributed by atoms with E-state index in [1.165, 1.54) is 0 Å². The normalized spacial score (nSPS) is 11.6. The predicted octanol–water partition coefficient (Wildman–Crippen LogP) is 4.68. The summed E-state index contributed by atoms with van der Waals surface area (Å²) in [5.74, 6) is 0.710. The first kappa shape index (κ1) is 18.2. The molecule has 6 heteroatoms. The Morgan fingerprint density at radius 2 is 1.50 bits per heavy atom. The van der Waals surface area contributed by atoms with E-state index in [2.05, 4.69) is 9.88 Å². The van der Waals surface area contributed by atoms with Gasteiger partial charge in [0.1, 0.15) is 5.76 Å². The number of sulfonamides is 1. The summed E-state index contributed by atoms with van der Waals surface area (Å²) in [7, 11) is -3.67. The molecule has 1 heterocycles. The van der Waals surface area contributed by atoms with E-state index in [4.69, 9.17) is 4.52 Å². The number of aryl methyl sites for hydroxylation is 5. The van der Waals surface area contributed by atoms with E-state index >= 15 is 0 Å². The molecule has 0 saturated heterocycles. The van der Waals surface area contributed by atoms with Gasteiger partial charge in [0, 0.05) is 5.56 Å². The summed E-state index contributed by atoms with van der Waals surface area (Å²) in [5.41, 5.74) is 6.09. The minimum absolute atomic E-state index is 0.215. The third kappa shape index (κ3) is 3.37. The average Bonchev–Trinajstić information content (AvgIpc) is 2.90. The molecule has 0 unspecified atom stereocenters. The van der Waals surface area contributed by atoms with E-state index in [-0.39, 0.29) is 4.90 Å². The van der Waals surface area contributed by atoms with E-state index < -0.39 is 10.0 Å². The van der Waals surface area contributed by atoms with Crippen LogP contribution in [-0.2, 0) is 10.0 Å². The zero-order valence-corrected chi connectivity index (χ0v) is 16.4. The van der Waals surface area contributed by atoms with Gasteiger partial charge in [-0.05, 0) is 63.4 Å². The topological polar surface area (TPSA) is 72.2 Å². The van der Waals surface area contributed by atoms with Crippen molar-refractivity contribution in [3.63, 3.8) is 0 Å². The summed E-state index contributed by atoms with van der Waals surface area (Å²) >= 11 is 0. The van der Waals surface area contributed by atoms with Crippen LogP contribution in [0.1, 0.15) is 28.1 Å². The first-order valence-electron chi connectivity index (χ1n) is 8.33. The van der Waals surface area contributed by atoms with Crippen LogP contribution in [-0.4, -0.2) is 13.6 Å². The molecule has 0 aliphatic heterocycles. The molecule has 0 atom stereocenters. The number of anilines is 1. The van der Waals surface area contributed by atoms with Crippen LogP contribution in [0.25, 0.3) is 11.1 Å². The molecule has 0 aliphatic rings. The maximum atomic E-state index is 12.8. The van der Waals surface area contributed by atoms with Gasteiger partial charge in [-0.1, -0.05) is 35.0 Å². The van der Waals surface area contributed by atoms with Gasteiger partial charge in [-0.15, -0.1) is 0 Å². The number of aromatic nitrogens is 1. The van der Waals surface area contributed by atoms with E-state index in [1.54, 1.807) is 24.3 Å². The smallest absolute Gasteiger partial charge is 0.261 e. The summed E-state index contributed by atoms with van der Waals surface area (Å²) in [6.07, 6.45) is 0. The molecule has 0 saturated carbocycles. The largest absolute Gasteiger partial charge is 0.361 e. The fraction of sp³-hybridized carbons (Fsp3) is 0.250. The number of nitrogens with zero attached hydrogens (tertiary/aromatic N) is 1. The van der Waals surface area contributed by atoms with Crippen LogP contribution in [0.4, 0.5) is 5.69 Å². The minimum atomic E-state index is -3.67. The highest BCUT2D eigenvalue weighted by atomic mass is 32.2. The fourth-order valence-electron chi connectivity index (χ4n) is 3.23. The number of hydrogen-bond acceptors (Lipinski definition) is 4. The standard InChI is InChI=1S/C20H22N2O3S/c1-12-10-13(2)20(14(3)11-12)22-26(23,24)18-8-6-17(7-9-18)19-15(4)21-25-16(19)5/h6-11,22H,1-5H3. The minimum Gasteiger partial charge on any atom is -0.361 e. The summed E-state index contributed by atoms with van der Waals surface area (Å²) < 4.78 is 33.5. The zero-order valence-electron chi connectivity index (χ0n) is 15.5. The second-order valence-electron chi connectivity index (χ2n) is 6.60. The van der Waals surface area contributed by atoms with E-state index in [1.807, 2.05) is 46.8 Å². The van der Waals surface area contributed by atoms with Crippen LogP contribution >= 0.6 is 0 Å². The van der Waals surface area contributed by atoms with Crippen LogP contribution in [0.2, 0.25) is 0 Å². The van der Waals surface area contributed by atoms with Gasteiger partial charge in [-0.3, -0.25) is 4.72 Å². The third-order valence-electron chi connectivity index (χ3n) is 4.40. The molecule has 0 amide bonds. The monoisotopic (exact) mass is 370 g/mol. The van der Waals surface area contributed by atoms with Crippen molar-refractivity contribution in [1.29, 1.82) is 0 Å². The molecule has 0 spiro atoms.